The van der Waals surface area contributed by atoms with E-state index in [1.807, 2.05) is 72.4 Å². The predicted molar refractivity (Wildman–Crippen MR) is 132 cm³/mol. The third kappa shape index (κ3) is 5.06. The Morgan fingerprint density at radius 3 is 2.30 bits per heavy atom. The maximum absolute atomic E-state index is 13.0. The van der Waals surface area contributed by atoms with Crippen LogP contribution >= 0.6 is 0 Å². The van der Waals surface area contributed by atoms with Crippen LogP contribution in [0.5, 0.6) is 0 Å². The molecular formula is C25H26N4O3S. The molecule has 33 heavy (non-hydrogen) atoms. The Morgan fingerprint density at radius 2 is 1.64 bits per heavy atom. The van der Waals surface area contributed by atoms with Gasteiger partial charge in [0.25, 0.3) is 15.9 Å². The van der Waals surface area contributed by atoms with Crippen molar-refractivity contribution in [3.05, 3.63) is 84.4 Å². The minimum Gasteiger partial charge on any atom is -0.362 e. The number of anilines is 3. The van der Waals surface area contributed by atoms with Crippen molar-refractivity contribution >= 4 is 38.8 Å². The maximum Gasteiger partial charge on any atom is 0.283 e. The van der Waals surface area contributed by atoms with Gasteiger partial charge in [0, 0.05) is 38.4 Å². The average Bonchev–Trinajstić information content (AvgIpc) is 3.23. The number of benzene rings is 3. The summed E-state index contributed by atoms with van der Waals surface area (Å²) in [6, 6.07) is 23.2. The van der Waals surface area contributed by atoms with Crippen LogP contribution in [0.4, 0.5) is 17.1 Å². The Balaban J connectivity index is 1.52. The van der Waals surface area contributed by atoms with E-state index < -0.39 is 10.0 Å². The normalized spacial score (nSPS) is 15.0. The van der Waals surface area contributed by atoms with Gasteiger partial charge in [-0.1, -0.05) is 30.3 Å². The van der Waals surface area contributed by atoms with Crippen LogP contribution in [0.15, 0.2) is 88.2 Å². The first-order chi connectivity index (χ1) is 15.8. The molecule has 0 aromatic heterocycles. The van der Waals surface area contributed by atoms with Crippen LogP contribution in [-0.2, 0) is 10.0 Å². The molecule has 0 saturated carbocycles. The molecular weight excluding hydrogens is 436 g/mol. The standard InChI is InChI=1S/C25H26N4O3S/c1-28-18-8-13-24(28)27-33(31,32)21-16-14-19(15-17-21)26-25(30)22-11-6-7-12-23(22)29(2)20-9-4-3-5-10-20/h3-7,9-12,14-17H,8,13,18H2,1-2H3,(H,26,30). The minimum absolute atomic E-state index is 0.0949. The van der Waals surface area contributed by atoms with Crippen molar-refractivity contribution in [1.82, 2.24) is 4.90 Å². The topological polar surface area (TPSA) is 82.1 Å². The van der Waals surface area contributed by atoms with Crippen LogP contribution in [0.2, 0.25) is 0 Å². The van der Waals surface area contributed by atoms with Crippen LogP contribution in [-0.4, -0.2) is 45.7 Å². The highest BCUT2D eigenvalue weighted by molar-refractivity contribution is 7.90. The molecule has 0 unspecified atom stereocenters. The first-order valence-corrected chi connectivity index (χ1v) is 12.1. The molecule has 170 valence electrons. The molecule has 1 fully saturated rings. The van der Waals surface area contributed by atoms with E-state index in [4.69, 9.17) is 0 Å². The molecule has 4 rings (SSSR count). The lowest BCUT2D eigenvalue weighted by molar-refractivity contribution is 0.102. The van der Waals surface area contributed by atoms with Gasteiger partial charge in [0.15, 0.2) is 0 Å². The number of nitrogens with one attached hydrogen (secondary N) is 1. The molecule has 1 amide bonds. The number of likely N-dealkylation sites (tertiary alicyclic amines) is 1. The Bertz CT molecular complexity index is 1270. The molecule has 1 aliphatic heterocycles. The molecule has 7 nitrogen and oxygen atoms in total. The average molecular weight is 463 g/mol. The van der Waals surface area contributed by atoms with Crippen LogP contribution in [0.3, 0.4) is 0 Å². The first kappa shape index (κ1) is 22.5. The lowest BCUT2D eigenvalue weighted by atomic mass is 10.1. The zero-order chi connectivity index (χ0) is 23.4. The van der Waals surface area contributed by atoms with E-state index in [-0.39, 0.29) is 10.8 Å². The highest BCUT2D eigenvalue weighted by Crippen LogP contribution is 2.28. The number of hydrogen-bond acceptors (Lipinski definition) is 4. The molecule has 3 aromatic carbocycles. The van der Waals surface area contributed by atoms with Gasteiger partial charge in [-0.05, 0) is 55.0 Å². The molecule has 0 aliphatic carbocycles. The third-order valence-corrected chi connectivity index (χ3v) is 6.94. The number of nitrogens with zero attached hydrogens (tertiary/aromatic N) is 3. The van der Waals surface area contributed by atoms with Gasteiger partial charge in [0.2, 0.25) is 0 Å². The first-order valence-electron chi connectivity index (χ1n) is 10.7. The predicted octanol–water partition coefficient (Wildman–Crippen LogP) is 4.52. The Kier molecular flexibility index (Phi) is 6.46. The van der Waals surface area contributed by atoms with E-state index in [1.54, 1.807) is 18.2 Å². The number of carbonyl (C=O) groups is 1. The maximum atomic E-state index is 13.0. The third-order valence-electron chi connectivity index (χ3n) is 5.62. The van der Waals surface area contributed by atoms with E-state index in [9.17, 15) is 13.2 Å². The van der Waals surface area contributed by atoms with Crippen molar-refractivity contribution in [2.45, 2.75) is 17.7 Å². The number of amides is 1. The van der Waals surface area contributed by atoms with E-state index in [0.717, 1.165) is 24.3 Å². The molecule has 8 heteroatoms. The summed E-state index contributed by atoms with van der Waals surface area (Å²) >= 11 is 0. The van der Waals surface area contributed by atoms with Crippen molar-refractivity contribution in [3.8, 4) is 0 Å². The van der Waals surface area contributed by atoms with E-state index >= 15 is 0 Å². The molecule has 0 spiro atoms. The van der Waals surface area contributed by atoms with E-state index in [0.29, 0.717) is 23.5 Å². The van der Waals surface area contributed by atoms with Crippen molar-refractivity contribution in [2.24, 2.45) is 4.40 Å². The lowest BCUT2D eigenvalue weighted by Gasteiger charge is -2.22. The summed E-state index contributed by atoms with van der Waals surface area (Å²) in [4.78, 5) is 16.9. The second kappa shape index (κ2) is 9.46. The van der Waals surface area contributed by atoms with Gasteiger partial charge in [-0.15, -0.1) is 4.40 Å². The molecule has 1 aliphatic rings. The van der Waals surface area contributed by atoms with Crippen LogP contribution in [0, 0.1) is 0 Å². The fraction of sp³-hybridized carbons (Fsp3) is 0.200. The smallest absolute Gasteiger partial charge is 0.283 e. The molecule has 1 saturated heterocycles. The Hall–Kier alpha value is -3.65. The molecule has 0 bridgehead atoms. The Morgan fingerprint density at radius 1 is 0.970 bits per heavy atom. The summed E-state index contributed by atoms with van der Waals surface area (Å²) < 4.78 is 29.3. The van der Waals surface area contributed by atoms with E-state index in [2.05, 4.69) is 9.71 Å². The molecule has 1 heterocycles. The van der Waals surface area contributed by atoms with Gasteiger partial charge in [0.1, 0.15) is 5.84 Å². The fourth-order valence-electron chi connectivity index (χ4n) is 3.76. The summed E-state index contributed by atoms with van der Waals surface area (Å²) in [5, 5.41) is 2.86. The highest BCUT2D eigenvalue weighted by Gasteiger charge is 2.20. The number of hydrogen-bond donors (Lipinski definition) is 1. The SMILES string of the molecule is CN1CCCC1=NS(=O)(=O)c1ccc(NC(=O)c2ccccc2N(C)c2ccccc2)cc1. The lowest BCUT2D eigenvalue weighted by Crippen LogP contribution is -2.20. The summed E-state index contributed by atoms with van der Waals surface area (Å²) in [6.07, 6.45) is 1.55. The van der Waals surface area contributed by atoms with Gasteiger partial charge in [0.05, 0.1) is 16.1 Å². The van der Waals surface area contributed by atoms with Crippen molar-refractivity contribution in [3.63, 3.8) is 0 Å². The van der Waals surface area contributed by atoms with E-state index in [1.165, 1.54) is 12.1 Å². The summed E-state index contributed by atoms with van der Waals surface area (Å²) in [6.45, 7) is 0.806. The second-order valence-electron chi connectivity index (χ2n) is 7.90. The highest BCUT2D eigenvalue weighted by atomic mass is 32.2. The van der Waals surface area contributed by atoms with Crippen LogP contribution in [0.25, 0.3) is 0 Å². The van der Waals surface area contributed by atoms with Crippen molar-refractivity contribution < 1.29 is 13.2 Å². The largest absolute Gasteiger partial charge is 0.362 e. The van der Waals surface area contributed by atoms with Gasteiger partial charge in [-0.25, -0.2) is 0 Å². The minimum atomic E-state index is -3.80. The van der Waals surface area contributed by atoms with Crippen molar-refractivity contribution in [1.29, 1.82) is 0 Å². The van der Waals surface area contributed by atoms with Crippen LogP contribution in [0.1, 0.15) is 23.2 Å². The molecule has 0 atom stereocenters. The Labute approximate surface area is 194 Å². The molecule has 0 radical (unpaired) electrons. The number of amidine groups is 1. The zero-order valence-electron chi connectivity index (χ0n) is 18.6. The van der Waals surface area contributed by atoms with Crippen LogP contribution < -0.4 is 10.2 Å². The zero-order valence-corrected chi connectivity index (χ0v) is 19.4. The number of sulfonamides is 1. The summed E-state index contributed by atoms with van der Waals surface area (Å²) in [5.41, 5.74) is 2.73. The fourth-order valence-corrected chi connectivity index (χ4v) is 4.85. The van der Waals surface area contributed by atoms with Crippen molar-refractivity contribution in [2.75, 3.05) is 30.9 Å². The summed E-state index contributed by atoms with van der Waals surface area (Å²) in [5.74, 6) is 0.295. The second-order valence-corrected chi connectivity index (χ2v) is 9.50. The monoisotopic (exact) mass is 462 g/mol. The van der Waals surface area contributed by atoms with Gasteiger partial charge in [-0.3, -0.25) is 4.79 Å². The molecule has 1 N–H and O–H groups in total. The molecule has 3 aromatic rings. The number of rotatable bonds is 6. The summed E-state index contributed by atoms with van der Waals surface area (Å²) in [7, 11) is -0.0482. The quantitative estimate of drug-likeness (QED) is 0.582. The van der Waals surface area contributed by atoms with Gasteiger partial charge in [-0.2, -0.15) is 8.42 Å². The number of para-hydroxylation sites is 2. The van der Waals surface area contributed by atoms with Gasteiger partial charge >= 0.3 is 0 Å². The van der Waals surface area contributed by atoms with Gasteiger partial charge < -0.3 is 15.1 Å². The number of carbonyl (C=O) groups excluding carboxylic acids is 1.